The molecular weight excluding hydrogens is 292 g/mol. The third kappa shape index (κ3) is 3.95. The van der Waals surface area contributed by atoms with Gasteiger partial charge in [0.2, 0.25) is 0 Å². The quantitative estimate of drug-likeness (QED) is 0.468. The number of alkyl halides is 3. The number of halogens is 4. The molecule has 0 fully saturated rings. The highest BCUT2D eigenvalue weighted by atomic mass is 19.4. The zero-order valence-electron chi connectivity index (χ0n) is 10.4. The van der Waals surface area contributed by atoms with E-state index in [1.807, 2.05) is 0 Å². The second-order valence-corrected chi connectivity index (χ2v) is 3.90. The van der Waals surface area contributed by atoms with Crippen molar-refractivity contribution in [3.8, 4) is 11.5 Å². The Bertz CT molecular complexity index is 635. The SMILES string of the molecule is O=C(Oc1ccc(F)cc1)Oc1ccccc1C(F)(F)F. The average Bonchev–Trinajstić information content (AvgIpc) is 2.41. The van der Waals surface area contributed by atoms with Gasteiger partial charge >= 0.3 is 12.3 Å². The summed E-state index contributed by atoms with van der Waals surface area (Å²) in [5, 5.41) is 0. The van der Waals surface area contributed by atoms with Crippen molar-refractivity contribution < 1.29 is 31.8 Å². The molecule has 21 heavy (non-hydrogen) atoms. The highest BCUT2D eigenvalue weighted by Gasteiger charge is 2.34. The smallest absolute Gasteiger partial charge is 0.395 e. The summed E-state index contributed by atoms with van der Waals surface area (Å²) < 4.78 is 59.9. The Labute approximate surface area is 116 Å². The van der Waals surface area contributed by atoms with Crippen molar-refractivity contribution >= 4 is 6.16 Å². The van der Waals surface area contributed by atoms with Gasteiger partial charge in [0.25, 0.3) is 0 Å². The van der Waals surface area contributed by atoms with Gasteiger partial charge in [0, 0.05) is 0 Å². The maximum Gasteiger partial charge on any atom is 0.519 e. The number of carbonyl (C=O) groups is 1. The number of para-hydroxylation sites is 1. The first-order valence-corrected chi connectivity index (χ1v) is 5.68. The van der Waals surface area contributed by atoms with E-state index >= 15 is 0 Å². The molecule has 0 aliphatic carbocycles. The highest BCUT2D eigenvalue weighted by Crippen LogP contribution is 2.36. The van der Waals surface area contributed by atoms with Crippen LogP contribution in [0.1, 0.15) is 5.56 Å². The summed E-state index contributed by atoms with van der Waals surface area (Å²) in [5.41, 5.74) is -1.10. The Morgan fingerprint density at radius 3 is 2.14 bits per heavy atom. The molecule has 0 N–H and O–H groups in total. The molecule has 0 saturated heterocycles. The first kappa shape index (κ1) is 14.8. The standard InChI is InChI=1S/C14H8F4O3/c15-9-5-7-10(8-6-9)20-13(19)21-12-4-2-1-3-11(12)14(16,17)18/h1-8H. The summed E-state index contributed by atoms with van der Waals surface area (Å²) in [5.74, 6) is -1.26. The van der Waals surface area contributed by atoms with Crippen LogP contribution in [-0.2, 0) is 6.18 Å². The van der Waals surface area contributed by atoms with Gasteiger partial charge in [0.15, 0.2) is 0 Å². The second kappa shape index (κ2) is 5.82. The summed E-state index contributed by atoms with van der Waals surface area (Å²) in [6.07, 6.45) is -6.01. The molecule has 0 amide bonds. The molecule has 0 aliphatic rings. The van der Waals surface area contributed by atoms with E-state index in [-0.39, 0.29) is 5.75 Å². The second-order valence-electron chi connectivity index (χ2n) is 3.90. The van der Waals surface area contributed by atoms with Crippen molar-refractivity contribution in [1.29, 1.82) is 0 Å². The van der Waals surface area contributed by atoms with Crippen LogP contribution >= 0.6 is 0 Å². The maximum absolute atomic E-state index is 12.7. The number of benzene rings is 2. The minimum atomic E-state index is -4.66. The monoisotopic (exact) mass is 300 g/mol. The lowest BCUT2D eigenvalue weighted by molar-refractivity contribution is -0.138. The molecule has 0 unspecified atom stereocenters. The van der Waals surface area contributed by atoms with Gasteiger partial charge in [-0.2, -0.15) is 13.2 Å². The Balaban J connectivity index is 2.11. The molecule has 0 spiro atoms. The summed E-state index contributed by atoms with van der Waals surface area (Å²) in [6, 6.07) is 8.59. The van der Waals surface area contributed by atoms with Crippen molar-refractivity contribution in [2.75, 3.05) is 0 Å². The molecule has 2 rings (SSSR count). The van der Waals surface area contributed by atoms with Crippen LogP contribution < -0.4 is 9.47 Å². The van der Waals surface area contributed by atoms with Crippen molar-refractivity contribution in [3.63, 3.8) is 0 Å². The van der Waals surface area contributed by atoms with Crippen molar-refractivity contribution in [2.45, 2.75) is 6.18 Å². The van der Waals surface area contributed by atoms with Crippen molar-refractivity contribution in [3.05, 3.63) is 59.9 Å². The first-order chi connectivity index (χ1) is 9.86. The number of hydrogen-bond donors (Lipinski definition) is 0. The summed E-state index contributed by atoms with van der Waals surface area (Å²) in [7, 11) is 0. The van der Waals surface area contributed by atoms with E-state index in [1.54, 1.807) is 0 Å². The van der Waals surface area contributed by atoms with Gasteiger partial charge in [0.05, 0.1) is 5.56 Å². The van der Waals surface area contributed by atoms with Gasteiger partial charge < -0.3 is 9.47 Å². The lowest BCUT2D eigenvalue weighted by atomic mass is 10.2. The van der Waals surface area contributed by atoms with Crippen LogP contribution in [0.3, 0.4) is 0 Å². The fraction of sp³-hybridized carbons (Fsp3) is 0.0714. The third-order valence-corrected chi connectivity index (χ3v) is 2.40. The van der Waals surface area contributed by atoms with Gasteiger partial charge in [0.1, 0.15) is 17.3 Å². The van der Waals surface area contributed by atoms with E-state index in [4.69, 9.17) is 0 Å². The number of ether oxygens (including phenoxy) is 2. The molecule has 3 nitrogen and oxygen atoms in total. The fourth-order valence-electron chi connectivity index (χ4n) is 1.50. The topological polar surface area (TPSA) is 35.5 Å². The number of carbonyl (C=O) groups excluding carboxylic acids is 1. The largest absolute Gasteiger partial charge is 0.519 e. The molecule has 2 aromatic rings. The molecule has 0 aromatic heterocycles. The number of rotatable bonds is 2. The summed E-state index contributed by atoms with van der Waals surface area (Å²) >= 11 is 0. The van der Waals surface area contributed by atoms with Crippen LogP contribution in [0.15, 0.2) is 48.5 Å². The van der Waals surface area contributed by atoms with Gasteiger partial charge in [-0.05, 0) is 36.4 Å². The Kier molecular flexibility index (Phi) is 4.11. The van der Waals surface area contributed by atoms with Gasteiger partial charge in [-0.25, -0.2) is 9.18 Å². The van der Waals surface area contributed by atoms with Crippen molar-refractivity contribution in [2.24, 2.45) is 0 Å². The lowest BCUT2D eigenvalue weighted by Crippen LogP contribution is -2.17. The zero-order valence-corrected chi connectivity index (χ0v) is 10.4. The molecule has 0 atom stereocenters. The normalized spacial score (nSPS) is 11.0. The Hall–Kier alpha value is -2.57. The molecule has 0 bridgehead atoms. The van der Waals surface area contributed by atoms with Crippen LogP contribution in [0, 0.1) is 5.82 Å². The van der Waals surface area contributed by atoms with E-state index in [9.17, 15) is 22.4 Å². The van der Waals surface area contributed by atoms with E-state index in [2.05, 4.69) is 9.47 Å². The maximum atomic E-state index is 12.7. The summed E-state index contributed by atoms with van der Waals surface area (Å²) in [4.78, 5) is 11.4. The van der Waals surface area contributed by atoms with E-state index in [0.717, 1.165) is 36.4 Å². The van der Waals surface area contributed by atoms with E-state index < -0.39 is 29.5 Å². The van der Waals surface area contributed by atoms with E-state index in [0.29, 0.717) is 0 Å². The molecule has 0 aliphatic heterocycles. The van der Waals surface area contributed by atoms with Crippen LogP contribution in [-0.4, -0.2) is 6.16 Å². The van der Waals surface area contributed by atoms with Gasteiger partial charge in [-0.1, -0.05) is 12.1 Å². The van der Waals surface area contributed by atoms with Crippen LogP contribution in [0.4, 0.5) is 22.4 Å². The first-order valence-electron chi connectivity index (χ1n) is 5.68. The van der Waals surface area contributed by atoms with E-state index in [1.165, 1.54) is 12.1 Å². The summed E-state index contributed by atoms with van der Waals surface area (Å²) in [6.45, 7) is 0. The molecule has 110 valence electrons. The molecule has 2 aromatic carbocycles. The predicted molar refractivity (Wildman–Crippen MR) is 64.5 cm³/mol. The molecular formula is C14H8F4O3. The van der Waals surface area contributed by atoms with Crippen LogP contribution in [0.25, 0.3) is 0 Å². The Morgan fingerprint density at radius 2 is 1.52 bits per heavy atom. The molecule has 7 heteroatoms. The zero-order chi connectivity index (χ0) is 15.5. The fourth-order valence-corrected chi connectivity index (χ4v) is 1.50. The lowest BCUT2D eigenvalue weighted by Gasteiger charge is -2.12. The van der Waals surface area contributed by atoms with Gasteiger partial charge in [-0.3, -0.25) is 0 Å². The van der Waals surface area contributed by atoms with Crippen molar-refractivity contribution in [1.82, 2.24) is 0 Å². The minimum Gasteiger partial charge on any atom is -0.395 e. The third-order valence-electron chi connectivity index (χ3n) is 2.40. The number of hydrogen-bond acceptors (Lipinski definition) is 3. The molecule has 0 heterocycles. The molecule has 0 radical (unpaired) electrons. The highest BCUT2D eigenvalue weighted by molar-refractivity contribution is 5.67. The van der Waals surface area contributed by atoms with Crippen LogP contribution in [0.2, 0.25) is 0 Å². The Morgan fingerprint density at radius 1 is 0.905 bits per heavy atom. The molecule has 0 saturated carbocycles. The minimum absolute atomic E-state index is 0.0501. The predicted octanol–water partition coefficient (Wildman–Crippen LogP) is 4.42. The average molecular weight is 300 g/mol. The van der Waals surface area contributed by atoms with Crippen LogP contribution in [0.5, 0.6) is 11.5 Å². The van der Waals surface area contributed by atoms with Gasteiger partial charge in [-0.15, -0.1) is 0 Å².